The van der Waals surface area contributed by atoms with Gasteiger partial charge in [0.05, 0.1) is 11.1 Å². The Hall–Kier alpha value is -1.73. The number of nitrogens with two attached hydrogens (primary N) is 1. The highest BCUT2D eigenvalue weighted by molar-refractivity contribution is 7.91. The lowest BCUT2D eigenvalue weighted by Crippen LogP contribution is -2.08. The van der Waals surface area contributed by atoms with Crippen LogP contribution in [-0.4, -0.2) is 18.4 Å². The van der Waals surface area contributed by atoms with Gasteiger partial charge in [0.15, 0.2) is 4.77 Å². The molecule has 0 atom stereocenters. The van der Waals surface area contributed by atoms with Crippen molar-refractivity contribution in [3.63, 3.8) is 0 Å². The largest absolute Gasteiger partial charge is 0.384 e. The molecule has 7 heteroatoms. The Balaban J connectivity index is 2.65. The Kier molecular flexibility index (Phi) is 3.42. The summed E-state index contributed by atoms with van der Waals surface area (Å²) >= 11 is 4.80. The van der Waals surface area contributed by atoms with Crippen molar-refractivity contribution in [3.8, 4) is 0 Å². The summed E-state index contributed by atoms with van der Waals surface area (Å²) in [5.41, 5.74) is 7.60. The zero-order valence-electron chi connectivity index (χ0n) is 10.5. The molecule has 0 aliphatic heterocycles. The summed E-state index contributed by atoms with van der Waals surface area (Å²) in [5.74, 6) is -0.00164. The molecule has 0 unspecified atom stereocenters. The smallest absolute Gasteiger partial charge is 0.211 e. The van der Waals surface area contributed by atoms with E-state index in [9.17, 15) is 8.42 Å². The predicted molar refractivity (Wildman–Crippen MR) is 75.2 cm³/mol. The molecule has 0 radical (unpaired) electrons. The third kappa shape index (κ3) is 2.52. The minimum atomic E-state index is -3.69. The fourth-order valence-corrected chi connectivity index (χ4v) is 3.15. The number of aromatic nitrogens is 2. The highest BCUT2D eigenvalue weighted by Crippen LogP contribution is 2.25. The monoisotopic (exact) mass is 295 g/mol. The van der Waals surface area contributed by atoms with E-state index < -0.39 is 9.84 Å². The van der Waals surface area contributed by atoms with Crippen molar-refractivity contribution in [2.75, 3.05) is 5.73 Å². The maximum atomic E-state index is 12.5. The molecule has 1 heterocycles. The standard InChI is InChI=1S/C12H13N3O2S2/c1-7-3-4-9(5-8(7)2)19(16,17)10-6-14-12(18)15-11(10)13/h3-6H,1-2H3,(H3,13,14,15,18). The zero-order valence-corrected chi connectivity index (χ0v) is 12.1. The second-order valence-electron chi connectivity index (χ2n) is 4.22. The SMILES string of the molecule is Cc1ccc(S(=O)(=O)c2cnc(=S)[nH]c2N)cc1C. The van der Waals surface area contributed by atoms with E-state index in [0.29, 0.717) is 0 Å². The molecule has 3 N–H and O–H groups in total. The number of aromatic amines is 1. The Bertz CT molecular complexity index is 795. The van der Waals surface area contributed by atoms with Crippen molar-refractivity contribution >= 4 is 27.9 Å². The maximum absolute atomic E-state index is 12.5. The van der Waals surface area contributed by atoms with Gasteiger partial charge in [-0.05, 0) is 49.3 Å². The van der Waals surface area contributed by atoms with Gasteiger partial charge in [0.1, 0.15) is 10.7 Å². The van der Waals surface area contributed by atoms with E-state index in [2.05, 4.69) is 9.97 Å². The summed E-state index contributed by atoms with van der Waals surface area (Å²) < 4.78 is 25.1. The van der Waals surface area contributed by atoms with Gasteiger partial charge in [-0.1, -0.05) is 6.07 Å². The second kappa shape index (κ2) is 4.75. The molecule has 19 heavy (non-hydrogen) atoms. The molecule has 0 amide bonds. The normalized spacial score (nSPS) is 11.5. The molecule has 0 aliphatic carbocycles. The molecule has 0 saturated heterocycles. The van der Waals surface area contributed by atoms with Crippen LogP contribution in [0.3, 0.4) is 0 Å². The molecule has 5 nitrogen and oxygen atoms in total. The van der Waals surface area contributed by atoms with Crippen LogP contribution >= 0.6 is 12.2 Å². The summed E-state index contributed by atoms with van der Waals surface area (Å²) in [7, 11) is -3.69. The van der Waals surface area contributed by atoms with Crippen molar-refractivity contribution in [2.45, 2.75) is 23.6 Å². The van der Waals surface area contributed by atoms with E-state index in [1.165, 1.54) is 6.20 Å². The number of H-pyrrole nitrogens is 1. The molecule has 100 valence electrons. The van der Waals surface area contributed by atoms with Crippen LogP contribution in [0, 0.1) is 18.6 Å². The number of hydrogen-bond acceptors (Lipinski definition) is 5. The van der Waals surface area contributed by atoms with E-state index in [0.717, 1.165) is 11.1 Å². The van der Waals surface area contributed by atoms with E-state index in [4.69, 9.17) is 18.0 Å². The molecule has 2 rings (SSSR count). The lowest BCUT2D eigenvalue weighted by atomic mass is 10.1. The quantitative estimate of drug-likeness (QED) is 0.829. The van der Waals surface area contributed by atoms with Gasteiger partial charge in [-0.3, -0.25) is 0 Å². The van der Waals surface area contributed by atoms with Crippen LogP contribution in [0.1, 0.15) is 11.1 Å². The molecular formula is C12H13N3O2S2. The lowest BCUT2D eigenvalue weighted by molar-refractivity contribution is 0.595. The first kappa shape index (κ1) is 13.7. The molecule has 1 aromatic carbocycles. The van der Waals surface area contributed by atoms with E-state index in [1.807, 2.05) is 13.8 Å². The van der Waals surface area contributed by atoms with Crippen molar-refractivity contribution in [2.24, 2.45) is 0 Å². The average Bonchev–Trinajstić information content (AvgIpc) is 2.32. The van der Waals surface area contributed by atoms with E-state index >= 15 is 0 Å². The van der Waals surface area contributed by atoms with E-state index in [-0.39, 0.29) is 20.4 Å². The summed E-state index contributed by atoms with van der Waals surface area (Å²) in [4.78, 5) is 6.44. The van der Waals surface area contributed by atoms with Crippen LogP contribution in [-0.2, 0) is 9.84 Å². The van der Waals surface area contributed by atoms with E-state index in [1.54, 1.807) is 18.2 Å². The van der Waals surface area contributed by atoms with Crippen LogP contribution in [0.15, 0.2) is 34.2 Å². The van der Waals surface area contributed by atoms with Gasteiger partial charge in [-0.25, -0.2) is 13.4 Å². The molecule has 0 bridgehead atoms. The van der Waals surface area contributed by atoms with Crippen LogP contribution in [0.25, 0.3) is 0 Å². The fourth-order valence-electron chi connectivity index (χ4n) is 1.62. The summed E-state index contributed by atoms with van der Waals surface area (Å²) in [6.07, 6.45) is 1.18. The number of rotatable bonds is 2. The third-order valence-electron chi connectivity index (χ3n) is 2.88. The fraction of sp³-hybridized carbons (Fsp3) is 0.167. The number of sulfone groups is 1. The lowest BCUT2D eigenvalue weighted by Gasteiger charge is -2.08. The third-order valence-corrected chi connectivity index (χ3v) is 4.87. The Morgan fingerprint density at radius 1 is 1.26 bits per heavy atom. The summed E-state index contributed by atoms with van der Waals surface area (Å²) in [5, 5.41) is 0. The Labute approximate surface area is 116 Å². The van der Waals surface area contributed by atoms with Crippen LogP contribution < -0.4 is 5.73 Å². The number of anilines is 1. The maximum Gasteiger partial charge on any atom is 0.211 e. The number of nitrogens with one attached hydrogen (secondary N) is 1. The average molecular weight is 295 g/mol. The Morgan fingerprint density at radius 2 is 1.95 bits per heavy atom. The van der Waals surface area contributed by atoms with Crippen molar-refractivity contribution in [1.29, 1.82) is 0 Å². The topological polar surface area (TPSA) is 88.8 Å². The minimum absolute atomic E-state index is 0.00164. The molecule has 1 aromatic heterocycles. The first-order chi connectivity index (χ1) is 8.82. The highest BCUT2D eigenvalue weighted by Gasteiger charge is 2.21. The number of hydrogen-bond donors (Lipinski definition) is 2. The van der Waals surface area contributed by atoms with Crippen LogP contribution in [0.5, 0.6) is 0 Å². The summed E-state index contributed by atoms with van der Waals surface area (Å²) in [6, 6.07) is 4.93. The molecule has 0 fully saturated rings. The first-order valence-corrected chi connectivity index (χ1v) is 7.38. The van der Waals surface area contributed by atoms with Crippen molar-refractivity contribution < 1.29 is 8.42 Å². The van der Waals surface area contributed by atoms with Gasteiger partial charge < -0.3 is 10.7 Å². The molecule has 2 aromatic rings. The number of benzene rings is 1. The predicted octanol–water partition coefficient (Wildman–Crippen LogP) is 2.17. The summed E-state index contributed by atoms with van der Waals surface area (Å²) in [6.45, 7) is 3.77. The van der Waals surface area contributed by atoms with Gasteiger partial charge >= 0.3 is 0 Å². The highest BCUT2D eigenvalue weighted by atomic mass is 32.2. The number of nitrogen functional groups attached to an aromatic ring is 1. The van der Waals surface area contributed by atoms with Crippen molar-refractivity contribution in [3.05, 3.63) is 40.3 Å². The van der Waals surface area contributed by atoms with Gasteiger partial charge in [0, 0.05) is 0 Å². The molecule has 0 saturated carbocycles. The molecule has 0 aliphatic rings. The number of nitrogens with zero attached hydrogens (tertiary/aromatic N) is 1. The molecule has 0 spiro atoms. The van der Waals surface area contributed by atoms with Crippen LogP contribution in [0.4, 0.5) is 5.82 Å². The number of aryl methyl sites for hydroxylation is 2. The Morgan fingerprint density at radius 3 is 2.53 bits per heavy atom. The molecular weight excluding hydrogens is 282 g/mol. The van der Waals surface area contributed by atoms with Gasteiger partial charge in [-0.15, -0.1) is 0 Å². The minimum Gasteiger partial charge on any atom is -0.384 e. The second-order valence-corrected chi connectivity index (χ2v) is 6.52. The van der Waals surface area contributed by atoms with Gasteiger partial charge in [-0.2, -0.15) is 0 Å². The van der Waals surface area contributed by atoms with Crippen molar-refractivity contribution in [1.82, 2.24) is 9.97 Å². The van der Waals surface area contributed by atoms with Crippen LogP contribution in [0.2, 0.25) is 0 Å². The van der Waals surface area contributed by atoms with Gasteiger partial charge in [0.2, 0.25) is 9.84 Å². The zero-order chi connectivity index (χ0) is 14.2. The first-order valence-electron chi connectivity index (χ1n) is 5.49. The van der Waals surface area contributed by atoms with Gasteiger partial charge in [0.25, 0.3) is 0 Å².